The topological polar surface area (TPSA) is 55.2 Å². The van der Waals surface area contributed by atoms with E-state index in [9.17, 15) is 10.1 Å². The third kappa shape index (κ3) is 3.78. The van der Waals surface area contributed by atoms with Crippen LogP contribution in [0.15, 0.2) is 40.9 Å². The molecule has 0 atom stereocenters. The molecule has 0 aliphatic rings. The van der Waals surface area contributed by atoms with Crippen LogP contribution in [0.2, 0.25) is 0 Å². The molecule has 0 bridgehead atoms. The fourth-order valence-electron chi connectivity index (χ4n) is 1.47. The third-order valence-electron chi connectivity index (χ3n) is 2.35. The van der Waals surface area contributed by atoms with Gasteiger partial charge in [0, 0.05) is 25.5 Å². The Morgan fingerprint density at radius 2 is 1.68 bits per heavy atom. The highest BCUT2D eigenvalue weighted by molar-refractivity contribution is 14.1. The summed E-state index contributed by atoms with van der Waals surface area (Å²) >= 11 is 7.67. The van der Waals surface area contributed by atoms with E-state index in [1.165, 1.54) is 6.07 Å². The zero-order valence-electron chi connectivity index (χ0n) is 9.36. The van der Waals surface area contributed by atoms with Gasteiger partial charge in [-0.05, 0) is 91.4 Å². The lowest BCUT2D eigenvalue weighted by Gasteiger charge is -2.08. The van der Waals surface area contributed by atoms with Gasteiger partial charge in [-0.25, -0.2) is 0 Å². The molecule has 19 heavy (non-hydrogen) atoms. The van der Waals surface area contributed by atoms with Gasteiger partial charge in [0.15, 0.2) is 0 Å². The standard InChI is InChI=1S/C12H7BrI2N2O2/c13-9-5-7(1-3-10(9)14)16-8-2-4-12(17(18)19)11(15)6-8/h1-6,16H. The molecule has 0 aliphatic carbocycles. The second-order valence-electron chi connectivity index (χ2n) is 3.68. The SMILES string of the molecule is O=[N+]([O-])c1ccc(Nc2ccc(I)c(Br)c2)cc1I. The Labute approximate surface area is 145 Å². The second kappa shape index (κ2) is 6.35. The number of benzene rings is 2. The quantitative estimate of drug-likeness (QED) is 0.324. The molecule has 2 aromatic rings. The minimum atomic E-state index is -0.382. The van der Waals surface area contributed by atoms with Gasteiger partial charge in [-0.1, -0.05) is 0 Å². The van der Waals surface area contributed by atoms with Crippen LogP contribution < -0.4 is 5.32 Å². The van der Waals surface area contributed by atoms with E-state index in [4.69, 9.17) is 0 Å². The molecular formula is C12H7BrI2N2O2. The molecule has 0 amide bonds. The lowest BCUT2D eigenvalue weighted by Crippen LogP contribution is -1.95. The van der Waals surface area contributed by atoms with Gasteiger partial charge in [-0.15, -0.1) is 0 Å². The van der Waals surface area contributed by atoms with E-state index in [1.54, 1.807) is 12.1 Å². The maximum Gasteiger partial charge on any atom is 0.282 e. The predicted molar refractivity (Wildman–Crippen MR) is 96.0 cm³/mol. The highest BCUT2D eigenvalue weighted by atomic mass is 127. The van der Waals surface area contributed by atoms with Gasteiger partial charge < -0.3 is 5.32 Å². The minimum absolute atomic E-state index is 0.120. The number of rotatable bonds is 3. The van der Waals surface area contributed by atoms with Crippen LogP contribution in [0, 0.1) is 17.3 Å². The molecule has 0 saturated heterocycles. The van der Waals surface area contributed by atoms with E-state index < -0.39 is 0 Å². The number of anilines is 2. The molecule has 0 spiro atoms. The maximum atomic E-state index is 10.7. The van der Waals surface area contributed by atoms with E-state index in [0.29, 0.717) is 3.57 Å². The van der Waals surface area contributed by atoms with Crippen LogP contribution in [0.5, 0.6) is 0 Å². The van der Waals surface area contributed by atoms with Crippen molar-refractivity contribution in [2.45, 2.75) is 0 Å². The van der Waals surface area contributed by atoms with Gasteiger partial charge in [0.1, 0.15) is 0 Å². The Morgan fingerprint density at radius 1 is 1.05 bits per heavy atom. The fraction of sp³-hybridized carbons (Fsp3) is 0. The van der Waals surface area contributed by atoms with Crippen molar-refractivity contribution in [1.82, 2.24) is 0 Å². The van der Waals surface area contributed by atoms with Crippen LogP contribution in [0.4, 0.5) is 17.1 Å². The van der Waals surface area contributed by atoms with Crippen LogP contribution in [-0.4, -0.2) is 4.92 Å². The molecule has 0 aromatic heterocycles. The average Bonchev–Trinajstić information content (AvgIpc) is 2.33. The summed E-state index contributed by atoms with van der Waals surface area (Å²) in [5, 5.41) is 14.0. The zero-order chi connectivity index (χ0) is 14.0. The van der Waals surface area contributed by atoms with Crippen molar-refractivity contribution in [2.75, 3.05) is 5.32 Å². The molecule has 0 aliphatic heterocycles. The minimum Gasteiger partial charge on any atom is -0.355 e. The van der Waals surface area contributed by atoms with Gasteiger partial charge in [-0.2, -0.15) is 0 Å². The molecule has 4 nitrogen and oxygen atoms in total. The van der Waals surface area contributed by atoms with Crippen LogP contribution >= 0.6 is 61.1 Å². The zero-order valence-corrected chi connectivity index (χ0v) is 15.3. The number of nitrogens with one attached hydrogen (secondary N) is 1. The van der Waals surface area contributed by atoms with Gasteiger partial charge >= 0.3 is 0 Å². The Hall–Kier alpha value is -0.420. The van der Waals surface area contributed by atoms with Crippen LogP contribution in [0.25, 0.3) is 0 Å². The lowest BCUT2D eigenvalue weighted by atomic mass is 10.2. The van der Waals surface area contributed by atoms with Crippen molar-refractivity contribution >= 4 is 78.2 Å². The van der Waals surface area contributed by atoms with Gasteiger partial charge in [-0.3, -0.25) is 10.1 Å². The van der Waals surface area contributed by atoms with Crippen LogP contribution in [0.1, 0.15) is 0 Å². The average molecular weight is 545 g/mol. The van der Waals surface area contributed by atoms with E-state index in [2.05, 4.69) is 43.8 Å². The summed E-state index contributed by atoms with van der Waals surface area (Å²) < 4.78 is 2.74. The molecule has 2 rings (SSSR count). The summed E-state index contributed by atoms with van der Waals surface area (Å²) in [6.45, 7) is 0. The number of nitrogens with zero attached hydrogens (tertiary/aromatic N) is 1. The Balaban J connectivity index is 2.26. The summed E-state index contributed by atoms with van der Waals surface area (Å²) in [5.74, 6) is 0. The Bertz CT molecular complexity index is 650. The highest BCUT2D eigenvalue weighted by Gasteiger charge is 2.11. The summed E-state index contributed by atoms with van der Waals surface area (Å²) in [5.41, 5.74) is 1.87. The summed E-state index contributed by atoms with van der Waals surface area (Å²) in [7, 11) is 0. The Kier molecular flexibility index (Phi) is 5.01. The first-order valence-electron chi connectivity index (χ1n) is 5.13. The van der Waals surface area contributed by atoms with Gasteiger partial charge in [0.25, 0.3) is 5.69 Å². The number of hydrogen-bond acceptors (Lipinski definition) is 3. The summed E-state index contributed by atoms with van der Waals surface area (Å²) in [6.07, 6.45) is 0. The second-order valence-corrected chi connectivity index (χ2v) is 6.86. The summed E-state index contributed by atoms with van der Waals surface area (Å²) in [4.78, 5) is 10.4. The van der Waals surface area contributed by atoms with Crippen molar-refractivity contribution in [1.29, 1.82) is 0 Å². The van der Waals surface area contributed by atoms with Crippen molar-refractivity contribution in [2.24, 2.45) is 0 Å². The maximum absolute atomic E-state index is 10.7. The Morgan fingerprint density at radius 3 is 2.26 bits per heavy atom. The van der Waals surface area contributed by atoms with E-state index in [-0.39, 0.29) is 10.6 Å². The molecule has 0 fully saturated rings. The lowest BCUT2D eigenvalue weighted by molar-refractivity contribution is -0.385. The smallest absolute Gasteiger partial charge is 0.282 e. The molecule has 2 aromatic carbocycles. The number of hydrogen-bond donors (Lipinski definition) is 1. The molecule has 0 heterocycles. The highest BCUT2D eigenvalue weighted by Crippen LogP contribution is 2.28. The number of nitro groups is 1. The van der Waals surface area contributed by atoms with Crippen LogP contribution in [0.3, 0.4) is 0 Å². The monoisotopic (exact) mass is 544 g/mol. The normalized spacial score (nSPS) is 10.3. The molecule has 1 N–H and O–H groups in total. The van der Waals surface area contributed by atoms with E-state index >= 15 is 0 Å². The molecule has 0 radical (unpaired) electrons. The number of halogens is 3. The molecule has 0 saturated carbocycles. The van der Waals surface area contributed by atoms with Crippen LogP contribution in [-0.2, 0) is 0 Å². The predicted octanol–water partition coefficient (Wildman–Crippen LogP) is 5.31. The molecule has 98 valence electrons. The molecular weight excluding hydrogens is 538 g/mol. The van der Waals surface area contributed by atoms with E-state index in [1.807, 2.05) is 40.8 Å². The largest absolute Gasteiger partial charge is 0.355 e. The third-order valence-corrected chi connectivity index (χ3v) is 5.55. The number of nitro benzene ring substituents is 1. The molecule has 0 unspecified atom stereocenters. The van der Waals surface area contributed by atoms with Gasteiger partial charge in [0.05, 0.1) is 8.49 Å². The first-order valence-corrected chi connectivity index (χ1v) is 8.08. The fourth-order valence-corrected chi connectivity index (χ4v) is 2.90. The first kappa shape index (κ1) is 15.0. The van der Waals surface area contributed by atoms with Crippen molar-refractivity contribution in [3.63, 3.8) is 0 Å². The van der Waals surface area contributed by atoms with E-state index in [0.717, 1.165) is 19.4 Å². The van der Waals surface area contributed by atoms with Crippen molar-refractivity contribution in [3.8, 4) is 0 Å². The first-order chi connectivity index (χ1) is 8.97. The van der Waals surface area contributed by atoms with Crippen molar-refractivity contribution < 1.29 is 4.92 Å². The molecule has 7 heteroatoms. The summed E-state index contributed by atoms with van der Waals surface area (Å²) in [6, 6.07) is 10.9. The van der Waals surface area contributed by atoms with Gasteiger partial charge in [0.2, 0.25) is 0 Å². The van der Waals surface area contributed by atoms with Crippen molar-refractivity contribution in [3.05, 3.63) is 58.1 Å².